The Bertz CT molecular complexity index is 658. The van der Waals surface area contributed by atoms with Crippen LogP contribution in [0.3, 0.4) is 0 Å². The van der Waals surface area contributed by atoms with E-state index in [1.54, 1.807) is 30.3 Å². The summed E-state index contributed by atoms with van der Waals surface area (Å²) in [6.45, 7) is 0.0171. The van der Waals surface area contributed by atoms with Crippen LogP contribution in [0.25, 0.3) is 0 Å². The molecule has 0 fully saturated rings. The van der Waals surface area contributed by atoms with Gasteiger partial charge in [-0.25, -0.2) is 4.79 Å². The molecule has 0 bridgehead atoms. The predicted octanol–water partition coefficient (Wildman–Crippen LogP) is 2.69. The van der Waals surface area contributed by atoms with Crippen molar-refractivity contribution in [2.75, 3.05) is 14.2 Å². The highest BCUT2D eigenvalue weighted by molar-refractivity contribution is 5.91. The molecule has 0 aliphatic rings. The lowest BCUT2D eigenvalue weighted by Crippen LogP contribution is -2.02. The summed E-state index contributed by atoms with van der Waals surface area (Å²) in [5.74, 6) is 0.124. The normalized spacial score (nSPS) is 10.1. The van der Waals surface area contributed by atoms with E-state index in [-0.39, 0.29) is 17.9 Å². The number of hydrogen-bond donors (Lipinski definition) is 2. The summed E-state index contributed by atoms with van der Waals surface area (Å²) in [6, 6.07) is 9.51. The second-order valence-electron chi connectivity index (χ2n) is 4.46. The molecule has 0 amide bonds. The number of rotatable bonds is 6. The summed E-state index contributed by atoms with van der Waals surface area (Å²) >= 11 is 0. The number of phenols is 1. The van der Waals surface area contributed by atoms with Crippen molar-refractivity contribution in [3.05, 3.63) is 47.5 Å². The third-order valence-corrected chi connectivity index (χ3v) is 3.07. The molecular formula is C16H16O6. The minimum atomic E-state index is -1.19. The lowest BCUT2D eigenvalue weighted by Gasteiger charge is -2.11. The summed E-state index contributed by atoms with van der Waals surface area (Å²) in [5, 5.41) is 18.9. The van der Waals surface area contributed by atoms with Gasteiger partial charge in [0.15, 0.2) is 0 Å². The van der Waals surface area contributed by atoms with Crippen LogP contribution in [0.5, 0.6) is 23.0 Å². The standard InChI is InChI=1S/C16H16O6/c1-20-11-6-12(21-2)8-13(7-11)22-9-10-4-3-5-14(15(10)17)16(18)19/h3-8,17H,9H2,1-2H3,(H,18,19). The Morgan fingerprint density at radius 1 is 1.05 bits per heavy atom. The topological polar surface area (TPSA) is 85.2 Å². The first kappa shape index (κ1) is 15.5. The van der Waals surface area contributed by atoms with Crippen LogP contribution in [0.4, 0.5) is 0 Å². The maximum atomic E-state index is 11.0. The van der Waals surface area contributed by atoms with E-state index in [2.05, 4.69) is 0 Å². The molecule has 0 atom stereocenters. The molecule has 0 aromatic heterocycles. The van der Waals surface area contributed by atoms with Gasteiger partial charge < -0.3 is 24.4 Å². The average Bonchev–Trinajstić information content (AvgIpc) is 2.53. The van der Waals surface area contributed by atoms with Crippen LogP contribution in [-0.2, 0) is 6.61 Å². The van der Waals surface area contributed by atoms with Crippen molar-refractivity contribution in [1.82, 2.24) is 0 Å². The van der Waals surface area contributed by atoms with Crippen LogP contribution >= 0.6 is 0 Å². The number of methoxy groups -OCH3 is 2. The maximum absolute atomic E-state index is 11.0. The molecule has 0 saturated carbocycles. The molecular weight excluding hydrogens is 288 g/mol. The highest BCUT2D eigenvalue weighted by atomic mass is 16.5. The zero-order valence-corrected chi connectivity index (χ0v) is 12.2. The van der Waals surface area contributed by atoms with Gasteiger partial charge in [0.05, 0.1) is 14.2 Å². The van der Waals surface area contributed by atoms with Crippen molar-refractivity contribution in [2.24, 2.45) is 0 Å². The number of aromatic hydroxyl groups is 1. The third-order valence-electron chi connectivity index (χ3n) is 3.07. The molecule has 0 spiro atoms. The number of carboxylic acid groups (broad SMARTS) is 1. The Labute approximate surface area is 127 Å². The average molecular weight is 304 g/mol. The van der Waals surface area contributed by atoms with E-state index >= 15 is 0 Å². The molecule has 2 aromatic carbocycles. The van der Waals surface area contributed by atoms with Crippen molar-refractivity contribution < 1.29 is 29.2 Å². The van der Waals surface area contributed by atoms with Gasteiger partial charge >= 0.3 is 5.97 Å². The van der Waals surface area contributed by atoms with E-state index in [1.165, 1.54) is 20.3 Å². The molecule has 0 aliphatic heterocycles. The number of benzene rings is 2. The first-order chi connectivity index (χ1) is 10.5. The predicted molar refractivity (Wildman–Crippen MR) is 78.9 cm³/mol. The van der Waals surface area contributed by atoms with Crippen molar-refractivity contribution in [3.63, 3.8) is 0 Å². The first-order valence-corrected chi connectivity index (χ1v) is 6.45. The molecule has 6 nitrogen and oxygen atoms in total. The van der Waals surface area contributed by atoms with E-state index in [0.29, 0.717) is 22.8 Å². The van der Waals surface area contributed by atoms with Crippen LogP contribution in [-0.4, -0.2) is 30.4 Å². The second-order valence-corrected chi connectivity index (χ2v) is 4.46. The quantitative estimate of drug-likeness (QED) is 0.853. The van der Waals surface area contributed by atoms with Gasteiger partial charge in [-0.05, 0) is 6.07 Å². The van der Waals surface area contributed by atoms with Gasteiger partial charge in [-0.2, -0.15) is 0 Å². The summed E-state index contributed by atoms with van der Waals surface area (Å²) < 4.78 is 15.9. The zero-order valence-electron chi connectivity index (χ0n) is 12.2. The molecule has 22 heavy (non-hydrogen) atoms. The summed E-state index contributed by atoms with van der Waals surface area (Å²) in [7, 11) is 3.06. The molecule has 116 valence electrons. The van der Waals surface area contributed by atoms with Crippen molar-refractivity contribution >= 4 is 5.97 Å². The van der Waals surface area contributed by atoms with Gasteiger partial charge in [0, 0.05) is 23.8 Å². The molecule has 0 aliphatic carbocycles. The second kappa shape index (κ2) is 6.71. The number of ether oxygens (including phenoxy) is 3. The Hall–Kier alpha value is -2.89. The first-order valence-electron chi connectivity index (χ1n) is 6.45. The number of carbonyl (C=O) groups is 1. The fourth-order valence-corrected chi connectivity index (χ4v) is 1.91. The molecule has 2 aromatic rings. The molecule has 0 radical (unpaired) electrons. The number of carboxylic acids is 1. The Morgan fingerprint density at radius 3 is 2.18 bits per heavy atom. The molecule has 0 heterocycles. The van der Waals surface area contributed by atoms with E-state index in [0.717, 1.165) is 0 Å². The molecule has 2 N–H and O–H groups in total. The lowest BCUT2D eigenvalue weighted by atomic mass is 10.1. The fraction of sp³-hybridized carbons (Fsp3) is 0.188. The van der Waals surface area contributed by atoms with Crippen molar-refractivity contribution in [1.29, 1.82) is 0 Å². The van der Waals surface area contributed by atoms with E-state index in [1.807, 2.05) is 0 Å². The summed E-state index contributed by atoms with van der Waals surface area (Å²) in [6.07, 6.45) is 0. The van der Waals surface area contributed by atoms with Gasteiger partial charge in [0.2, 0.25) is 0 Å². The van der Waals surface area contributed by atoms with Crippen molar-refractivity contribution in [3.8, 4) is 23.0 Å². The molecule has 0 saturated heterocycles. The van der Waals surface area contributed by atoms with E-state index in [9.17, 15) is 9.90 Å². The van der Waals surface area contributed by atoms with E-state index < -0.39 is 5.97 Å². The van der Waals surface area contributed by atoms with E-state index in [4.69, 9.17) is 19.3 Å². The molecule has 2 rings (SSSR count). The third kappa shape index (κ3) is 3.41. The zero-order chi connectivity index (χ0) is 16.1. The van der Waals surface area contributed by atoms with Gasteiger partial charge in [-0.3, -0.25) is 0 Å². The SMILES string of the molecule is COc1cc(OC)cc(OCc2cccc(C(=O)O)c2O)c1. The number of hydrogen-bond acceptors (Lipinski definition) is 5. The largest absolute Gasteiger partial charge is 0.507 e. The summed E-state index contributed by atoms with van der Waals surface area (Å²) in [4.78, 5) is 11.0. The van der Waals surface area contributed by atoms with Gasteiger partial charge in [-0.1, -0.05) is 12.1 Å². The minimum absolute atomic E-state index is 0.0171. The van der Waals surface area contributed by atoms with Crippen LogP contribution in [0, 0.1) is 0 Å². The monoisotopic (exact) mass is 304 g/mol. The highest BCUT2D eigenvalue weighted by Gasteiger charge is 2.13. The fourth-order valence-electron chi connectivity index (χ4n) is 1.91. The van der Waals surface area contributed by atoms with Crippen LogP contribution < -0.4 is 14.2 Å². The minimum Gasteiger partial charge on any atom is -0.507 e. The van der Waals surface area contributed by atoms with Crippen LogP contribution in [0.1, 0.15) is 15.9 Å². The molecule has 0 unspecified atom stereocenters. The van der Waals surface area contributed by atoms with Crippen LogP contribution in [0.2, 0.25) is 0 Å². The smallest absolute Gasteiger partial charge is 0.339 e. The Kier molecular flexibility index (Phi) is 4.73. The Balaban J connectivity index is 2.20. The summed E-state index contributed by atoms with van der Waals surface area (Å²) in [5.41, 5.74) is 0.214. The Morgan fingerprint density at radius 2 is 1.64 bits per heavy atom. The lowest BCUT2D eigenvalue weighted by molar-refractivity contribution is 0.0693. The van der Waals surface area contributed by atoms with Gasteiger partial charge in [0.1, 0.15) is 35.2 Å². The maximum Gasteiger partial charge on any atom is 0.339 e. The van der Waals surface area contributed by atoms with Crippen molar-refractivity contribution in [2.45, 2.75) is 6.61 Å². The van der Waals surface area contributed by atoms with Gasteiger partial charge in [-0.15, -0.1) is 0 Å². The van der Waals surface area contributed by atoms with Gasteiger partial charge in [0.25, 0.3) is 0 Å². The number of para-hydroxylation sites is 1. The molecule has 6 heteroatoms. The number of aromatic carboxylic acids is 1. The van der Waals surface area contributed by atoms with Crippen LogP contribution in [0.15, 0.2) is 36.4 Å². The highest BCUT2D eigenvalue weighted by Crippen LogP contribution is 2.29.